The molecule has 2 heterocycles. The van der Waals surface area contributed by atoms with Crippen molar-refractivity contribution in [2.24, 2.45) is 4.99 Å². The number of rotatable bonds is 1. The normalized spacial score (nSPS) is 19.1. The zero-order valence-corrected chi connectivity index (χ0v) is 11.2. The molecule has 3 rings (SSSR count). The number of hydrogen-bond acceptors (Lipinski definition) is 2. The van der Waals surface area contributed by atoms with Gasteiger partial charge >= 0.3 is 0 Å². The lowest BCUT2D eigenvalue weighted by molar-refractivity contribution is -0.114. The Bertz CT molecular complexity index is 687. The standard InChI is InChI=1S/C14H8Cl2N2O/c15-10-5-4-9(11(16)8-10)7-12-14(19)17-13-3-1-2-6-18(12)13/h1-8H/b12-7-. The molecule has 0 aliphatic carbocycles. The van der Waals surface area contributed by atoms with Crippen molar-refractivity contribution in [1.29, 1.82) is 0 Å². The monoisotopic (exact) mass is 290 g/mol. The molecule has 0 N–H and O–H groups in total. The predicted octanol–water partition coefficient (Wildman–Crippen LogP) is 3.66. The van der Waals surface area contributed by atoms with Crippen LogP contribution < -0.4 is 0 Å². The van der Waals surface area contributed by atoms with Crippen LogP contribution in [0.2, 0.25) is 10.0 Å². The Labute approximate surface area is 120 Å². The van der Waals surface area contributed by atoms with Gasteiger partial charge in [-0.3, -0.25) is 9.69 Å². The van der Waals surface area contributed by atoms with Crippen LogP contribution in [0.5, 0.6) is 0 Å². The molecule has 94 valence electrons. The molecule has 0 aromatic heterocycles. The van der Waals surface area contributed by atoms with E-state index in [-0.39, 0.29) is 5.91 Å². The Kier molecular flexibility index (Phi) is 3.01. The number of nitrogens with zero attached hydrogens (tertiary/aromatic N) is 2. The molecule has 0 saturated carbocycles. The number of carbonyl (C=O) groups excluding carboxylic acids is 1. The van der Waals surface area contributed by atoms with Crippen molar-refractivity contribution in [3.8, 4) is 0 Å². The zero-order chi connectivity index (χ0) is 13.4. The second kappa shape index (κ2) is 4.68. The molecule has 1 aromatic rings. The summed E-state index contributed by atoms with van der Waals surface area (Å²) in [6, 6.07) is 5.14. The van der Waals surface area contributed by atoms with Crippen LogP contribution in [0, 0.1) is 0 Å². The van der Waals surface area contributed by atoms with Crippen molar-refractivity contribution in [3.63, 3.8) is 0 Å². The fraction of sp³-hybridized carbons (Fsp3) is 0. The minimum absolute atomic E-state index is 0.280. The summed E-state index contributed by atoms with van der Waals surface area (Å²) >= 11 is 12.0. The van der Waals surface area contributed by atoms with Crippen LogP contribution in [-0.2, 0) is 4.79 Å². The largest absolute Gasteiger partial charge is 0.297 e. The summed E-state index contributed by atoms with van der Waals surface area (Å²) in [6.45, 7) is 0. The third-order valence-electron chi connectivity index (χ3n) is 2.79. The molecule has 0 unspecified atom stereocenters. The first-order valence-electron chi connectivity index (χ1n) is 5.59. The van der Waals surface area contributed by atoms with Gasteiger partial charge < -0.3 is 0 Å². The van der Waals surface area contributed by atoms with E-state index in [1.54, 1.807) is 41.5 Å². The van der Waals surface area contributed by atoms with Crippen LogP contribution in [-0.4, -0.2) is 16.6 Å². The van der Waals surface area contributed by atoms with E-state index < -0.39 is 0 Å². The lowest BCUT2D eigenvalue weighted by Gasteiger charge is -2.16. The van der Waals surface area contributed by atoms with Gasteiger partial charge in [0.15, 0.2) is 0 Å². The molecule has 5 heteroatoms. The van der Waals surface area contributed by atoms with Crippen LogP contribution in [0.4, 0.5) is 0 Å². The highest BCUT2D eigenvalue weighted by molar-refractivity contribution is 6.35. The highest BCUT2D eigenvalue weighted by Crippen LogP contribution is 2.27. The highest BCUT2D eigenvalue weighted by atomic mass is 35.5. The number of benzene rings is 1. The fourth-order valence-corrected chi connectivity index (χ4v) is 2.35. The Balaban J connectivity index is 2.03. The van der Waals surface area contributed by atoms with Crippen molar-refractivity contribution >= 4 is 41.0 Å². The first kappa shape index (κ1) is 12.2. The van der Waals surface area contributed by atoms with Crippen molar-refractivity contribution in [2.75, 3.05) is 0 Å². The molecule has 19 heavy (non-hydrogen) atoms. The fourth-order valence-electron chi connectivity index (χ4n) is 1.89. The van der Waals surface area contributed by atoms with Crippen LogP contribution in [0.25, 0.3) is 6.08 Å². The molecule has 0 spiro atoms. The summed E-state index contributed by atoms with van der Waals surface area (Å²) in [5.74, 6) is 0.334. The number of amides is 1. The van der Waals surface area contributed by atoms with E-state index >= 15 is 0 Å². The molecule has 3 nitrogen and oxygen atoms in total. The number of amidine groups is 1. The average Bonchev–Trinajstić information content (AvgIpc) is 2.69. The van der Waals surface area contributed by atoms with Gasteiger partial charge in [0.1, 0.15) is 11.5 Å². The number of aliphatic imine (C=N–C) groups is 1. The molecule has 0 radical (unpaired) electrons. The highest BCUT2D eigenvalue weighted by Gasteiger charge is 2.27. The summed E-state index contributed by atoms with van der Waals surface area (Å²) in [4.78, 5) is 17.6. The first-order chi connectivity index (χ1) is 9.15. The lowest BCUT2D eigenvalue weighted by Crippen LogP contribution is -2.20. The quantitative estimate of drug-likeness (QED) is 0.740. The van der Waals surface area contributed by atoms with Gasteiger partial charge in [-0.2, -0.15) is 4.99 Å². The van der Waals surface area contributed by atoms with E-state index in [1.165, 1.54) is 0 Å². The Morgan fingerprint density at radius 1 is 1.21 bits per heavy atom. The van der Waals surface area contributed by atoms with E-state index in [9.17, 15) is 4.79 Å². The van der Waals surface area contributed by atoms with Crippen molar-refractivity contribution in [3.05, 3.63) is 63.9 Å². The lowest BCUT2D eigenvalue weighted by atomic mass is 10.1. The maximum atomic E-state index is 11.9. The number of carbonyl (C=O) groups is 1. The number of halogens is 2. The zero-order valence-electron chi connectivity index (χ0n) is 9.68. The maximum absolute atomic E-state index is 11.9. The molecular formula is C14H8Cl2N2O. The van der Waals surface area contributed by atoms with Crippen molar-refractivity contribution < 1.29 is 4.79 Å². The molecule has 2 aliphatic rings. The van der Waals surface area contributed by atoms with Gasteiger partial charge in [-0.25, -0.2) is 0 Å². The van der Waals surface area contributed by atoms with Gasteiger partial charge in [0.25, 0.3) is 5.91 Å². The summed E-state index contributed by atoms with van der Waals surface area (Å²) < 4.78 is 0. The van der Waals surface area contributed by atoms with E-state index in [4.69, 9.17) is 23.2 Å². The number of fused-ring (bicyclic) bond motifs is 1. The number of allylic oxidation sites excluding steroid dienone is 2. The van der Waals surface area contributed by atoms with Crippen molar-refractivity contribution in [2.45, 2.75) is 0 Å². The van der Waals surface area contributed by atoms with Crippen LogP contribution in [0.3, 0.4) is 0 Å². The molecular weight excluding hydrogens is 283 g/mol. The molecule has 1 aromatic carbocycles. The maximum Gasteiger partial charge on any atom is 0.295 e. The second-order valence-electron chi connectivity index (χ2n) is 4.04. The van der Waals surface area contributed by atoms with Crippen LogP contribution in [0.1, 0.15) is 5.56 Å². The second-order valence-corrected chi connectivity index (χ2v) is 4.88. The predicted molar refractivity (Wildman–Crippen MR) is 77.0 cm³/mol. The van der Waals surface area contributed by atoms with E-state index in [0.717, 1.165) is 5.56 Å². The van der Waals surface area contributed by atoms with E-state index in [2.05, 4.69) is 4.99 Å². The molecule has 0 bridgehead atoms. The Morgan fingerprint density at radius 2 is 2.05 bits per heavy atom. The van der Waals surface area contributed by atoms with Gasteiger partial charge in [-0.05, 0) is 35.9 Å². The van der Waals surface area contributed by atoms with E-state index in [0.29, 0.717) is 21.6 Å². The van der Waals surface area contributed by atoms with Gasteiger partial charge in [0, 0.05) is 16.2 Å². The third kappa shape index (κ3) is 2.23. The summed E-state index contributed by atoms with van der Waals surface area (Å²) in [6.07, 6.45) is 8.96. The summed E-state index contributed by atoms with van der Waals surface area (Å²) in [5, 5.41) is 1.06. The molecule has 2 aliphatic heterocycles. The van der Waals surface area contributed by atoms with Gasteiger partial charge in [-0.15, -0.1) is 0 Å². The molecule has 1 amide bonds. The van der Waals surface area contributed by atoms with Crippen LogP contribution >= 0.6 is 23.2 Å². The Hall–Kier alpha value is -1.84. The smallest absolute Gasteiger partial charge is 0.295 e. The number of hydrogen-bond donors (Lipinski definition) is 0. The van der Waals surface area contributed by atoms with Gasteiger partial charge in [0.05, 0.1) is 0 Å². The third-order valence-corrected chi connectivity index (χ3v) is 3.35. The van der Waals surface area contributed by atoms with Gasteiger partial charge in [-0.1, -0.05) is 35.3 Å². The Morgan fingerprint density at radius 3 is 2.84 bits per heavy atom. The molecule has 0 atom stereocenters. The average molecular weight is 291 g/mol. The molecule has 0 fully saturated rings. The first-order valence-corrected chi connectivity index (χ1v) is 6.34. The minimum atomic E-state index is -0.280. The van der Waals surface area contributed by atoms with Gasteiger partial charge in [0.2, 0.25) is 0 Å². The summed E-state index contributed by atoms with van der Waals surface area (Å²) in [7, 11) is 0. The van der Waals surface area contributed by atoms with Crippen molar-refractivity contribution in [1.82, 2.24) is 4.90 Å². The summed E-state index contributed by atoms with van der Waals surface area (Å²) in [5.41, 5.74) is 1.20. The SMILES string of the molecule is O=C1N=C2C=CC=CN2/C1=C\c1ccc(Cl)cc1Cl. The molecule has 0 saturated heterocycles. The topological polar surface area (TPSA) is 32.7 Å². The van der Waals surface area contributed by atoms with E-state index in [1.807, 2.05) is 12.2 Å². The minimum Gasteiger partial charge on any atom is -0.297 e. The van der Waals surface area contributed by atoms with Crippen LogP contribution in [0.15, 0.2) is 53.3 Å².